The van der Waals surface area contributed by atoms with Crippen molar-refractivity contribution in [3.63, 3.8) is 0 Å². The summed E-state index contributed by atoms with van der Waals surface area (Å²) in [7, 11) is 0.849. The molecule has 0 radical (unpaired) electrons. The lowest BCUT2D eigenvalue weighted by molar-refractivity contribution is -0.145. The maximum absolute atomic E-state index is 11.4. The number of benzene rings is 1. The van der Waals surface area contributed by atoms with Gasteiger partial charge in [0, 0.05) is 0 Å². The van der Waals surface area contributed by atoms with Crippen molar-refractivity contribution in [2.24, 2.45) is 5.73 Å². The topological polar surface area (TPSA) is 113 Å². The van der Waals surface area contributed by atoms with Crippen LogP contribution in [0.3, 0.4) is 0 Å². The summed E-state index contributed by atoms with van der Waals surface area (Å²) in [5.74, 6) is -3.81. The number of phenolic OH excluding ortho intramolecular Hbond substituents is 2. The van der Waals surface area contributed by atoms with E-state index in [1.54, 1.807) is 0 Å². The number of rotatable bonds is 3. The predicted molar refractivity (Wildman–Crippen MR) is 54.7 cm³/mol. The van der Waals surface area contributed by atoms with Gasteiger partial charge in [-0.05, 0) is 17.6 Å². The summed E-state index contributed by atoms with van der Waals surface area (Å²) in [5.41, 5.74) is 4.16. The van der Waals surface area contributed by atoms with Crippen molar-refractivity contribution in [2.45, 2.75) is 12.1 Å². The molecule has 0 heterocycles. The fourth-order valence-electron chi connectivity index (χ4n) is 0.849. The van der Waals surface area contributed by atoms with Gasteiger partial charge in [0.2, 0.25) is 0 Å². The first kappa shape index (κ1) is 6.72. The molecule has 0 saturated carbocycles. The van der Waals surface area contributed by atoms with Crippen LogP contribution in [-0.4, -0.2) is 34.4 Å². The molecule has 88 valence electrons. The second-order valence-corrected chi connectivity index (χ2v) is 2.70. The number of carbonyl (C=O) groups is 1. The lowest BCUT2D eigenvalue weighted by atomic mass is 10.0. The number of nitrogens with two attached hydrogens (primary N) is 1. The first-order valence-electron chi connectivity index (χ1n) is 6.53. The van der Waals surface area contributed by atoms with Crippen molar-refractivity contribution in [1.29, 1.82) is 0 Å². The molecule has 0 amide bonds. The van der Waals surface area contributed by atoms with Crippen LogP contribution in [0.25, 0.3) is 0 Å². The number of hydrogen-bond acceptors (Lipinski definition) is 6. The highest BCUT2D eigenvalue weighted by molar-refractivity contribution is 5.76. The number of hydrogen-bond donors (Lipinski definition) is 4. The average molecular weight is 232 g/mol. The Kier molecular flexibility index (Phi) is 2.03. The number of phenols is 2. The van der Waals surface area contributed by atoms with Gasteiger partial charge in [-0.2, -0.15) is 0 Å². The summed E-state index contributed by atoms with van der Waals surface area (Å²) in [6.07, 6.45) is -3.38. The van der Waals surface area contributed by atoms with E-state index in [4.69, 9.17) is 12.6 Å². The van der Waals surface area contributed by atoms with Gasteiger partial charge in [0.05, 0.1) is 14.0 Å². The molecule has 0 aliphatic heterocycles. The van der Waals surface area contributed by atoms with Gasteiger partial charge in [-0.1, -0.05) is 6.04 Å². The second-order valence-electron chi connectivity index (χ2n) is 2.70. The zero-order valence-electron chi connectivity index (χ0n) is 13.2. The first-order valence-corrected chi connectivity index (χ1v) is 4.03. The van der Waals surface area contributed by atoms with E-state index < -0.39 is 53.3 Å². The fourth-order valence-corrected chi connectivity index (χ4v) is 0.849. The molecule has 0 aliphatic carbocycles. The third kappa shape index (κ3) is 2.41. The summed E-state index contributed by atoms with van der Waals surface area (Å²) in [6.45, 7) is 0. The number of aliphatic hydroxyl groups is 1. The zero-order valence-corrected chi connectivity index (χ0v) is 8.24. The van der Waals surface area contributed by atoms with Crippen LogP contribution in [-0.2, 0) is 9.53 Å². The van der Waals surface area contributed by atoms with E-state index in [0.717, 1.165) is 7.11 Å². The van der Waals surface area contributed by atoms with E-state index in [1.165, 1.54) is 0 Å². The smallest absolute Gasteiger partial charge is 0.325 e. The van der Waals surface area contributed by atoms with E-state index in [2.05, 4.69) is 4.74 Å². The molecule has 0 unspecified atom stereocenters. The van der Waals surface area contributed by atoms with E-state index in [0.29, 0.717) is 0 Å². The molecule has 0 aromatic heterocycles. The molecular weight excluding hydrogens is 214 g/mol. The Morgan fingerprint density at radius 3 is 2.75 bits per heavy atom. The Morgan fingerprint density at radius 1 is 1.56 bits per heavy atom. The summed E-state index contributed by atoms with van der Waals surface area (Å²) in [6, 6.07) is -6.26. The predicted octanol–water partition coefficient (Wildman–Crippen LogP) is -0.369. The summed E-state index contributed by atoms with van der Waals surface area (Å²) in [5, 5.41) is 28.8. The van der Waals surface area contributed by atoms with Crippen LogP contribution in [0.4, 0.5) is 0 Å². The summed E-state index contributed by atoms with van der Waals surface area (Å²) >= 11 is 0. The molecule has 0 bridgehead atoms. The zero-order chi connectivity index (χ0) is 16.7. The van der Waals surface area contributed by atoms with Crippen molar-refractivity contribution in [3.8, 4) is 11.5 Å². The van der Waals surface area contributed by atoms with Gasteiger partial charge in [-0.25, -0.2) is 0 Å². The van der Waals surface area contributed by atoms with Crippen molar-refractivity contribution in [3.05, 3.63) is 23.7 Å². The van der Waals surface area contributed by atoms with E-state index >= 15 is 0 Å². The standard InChI is InChI=1S/C10H13NO5/c1-16-10(15)8(11)9(14)5-2-3-6(12)7(13)4-5/h2-4,8-9,12-14H,11H2,1H3/t8-,9-/m0/s1/i2D,3D,4D,8D,9D. The van der Waals surface area contributed by atoms with Crippen LogP contribution in [0.5, 0.6) is 11.5 Å². The third-order valence-electron chi connectivity index (χ3n) is 1.67. The third-order valence-corrected chi connectivity index (χ3v) is 1.67. The minimum atomic E-state index is -3.38. The SMILES string of the molecule is [2H]c1c([2H])c([C@]([2H])(O)[C@]([2H])(N)C(=O)OC)c([2H])c(O)c1O. The molecule has 1 rings (SSSR count). The molecule has 1 aromatic carbocycles. The first-order chi connectivity index (χ1) is 9.41. The molecule has 5 N–H and O–H groups in total. The number of methoxy groups -OCH3 is 1. The van der Waals surface area contributed by atoms with Crippen LogP contribution in [0.2, 0.25) is 0 Å². The largest absolute Gasteiger partial charge is 0.504 e. The van der Waals surface area contributed by atoms with Crippen LogP contribution in [0.15, 0.2) is 18.1 Å². The van der Waals surface area contributed by atoms with Gasteiger partial charge in [0.25, 0.3) is 0 Å². The lowest BCUT2D eigenvalue weighted by Gasteiger charge is -2.17. The Labute approximate surface area is 98.9 Å². The maximum atomic E-state index is 11.4. The highest BCUT2D eigenvalue weighted by atomic mass is 16.5. The van der Waals surface area contributed by atoms with E-state index in [9.17, 15) is 20.1 Å². The average Bonchev–Trinajstić information content (AvgIpc) is 2.41. The molecule has 0 saturated heterocycles. The minimum Gasteiger partial charge on any atom is -0.504 e. The minimum absolute atomic E-state index is 0.849. The monoisotopic (exact) mass is 232 g/mol. The molecular formula is C10H13NO5. The van der Waals surface area contributed by atoms with Crippen molar-refractivity contribution in [1.82, 2.24) is 0 Å². The van der Waals surface area contributed by atoms with Gasteiger partial charge in [-0.3, -0.25) is 4.79 Å². The molecule has 2 atom stereocenters. The van der Waals surface area contributed by atoms with Crippen LogP contribution < -0.4 is 5.73 Å². The lowest BCUT2D eigenvalue weighted by Crippen LogP contribution is -2.37. The van der Waals surface area contributed by atoms with Crippen molar-refractivity contribution < 1.29 is 31.7 Å². The molecule has 6 nitrogen and oxygen atoms in total. The Hall–Kier alpha value is -1.79. The molecule has 0 spiro atoms. The highest BCUT2D eigenvalue weighted by Gasteiger charge is 2.25. The highest BCUT2D eigenvalue weighted by Crippen LogP contribution is 2.28. The Bertz CT molecular complexity index is 575. The molecule has 0 fully saturated rings. The number of aromatic hydroxyl groups is 2. The molecule has 6 heteroatoms. The molecule has 0 aliphatic rings. The summed E-state index contributed by atoms with van der Waals surface area (Å²) < 4.78 is 41.8. The van der Waals surface area contributed by atoms with Crippen molar-refractivity contribution >= 4 is 5.97 Å². The molecule has 16 heavy (non-hydrogen) atoms. The number of esters is 1. The quantitative estimate of drug-likeness (QED) is 0.418. The number of carbonyl (C=O) groups excluding carboxylic acids is 1. The van der Waals surface area contributed by atoms with Crippen LogP contribution in [0, 0.1) is 0 Å². The van der Waals surface area contributed by atoms with E-state index in [-0.39, 0.29) is 0 Å². The van der Waals surface area contributed by atoms with Crippen molar-refractivity contribution in [2.75, 3.05) is 7.11 Å². The normalized spacial score (nSPS) is 22.6. The Morgan fingerprint density at radius 2 is 2.19 bits per heavy atom. The fraction of sp³-hybridized carbons (Fsp3) is 0.300. The summed E-state index contributed by atoms with van der Waals surface area (Å²) in [4.78, 5) is 11.4. The number of ether oxygens (including phenoxy) is 1. The molecule has 1 aromatic rings. The van der Waals surface area contributed by atoms with Crippen LogP contribution in [0.1, 0.15) is 18.5 Å². The van der Waals surface area contributed by atoms with Crippen LogP contribution >= 0.6 is 0 Å². The van der Waals surface area contributed by atoms with Gasteiger partial charge >= 0.3 is 5.97 Å². The van der Waals surface area contributed by atoms with Gasteiger partial charge < -0.3 is 25.8 Å². The van der Waals surface area contributed by atoms with E-state index in [1.807, 2.05) is 0 Å². The maximum Gasteiger partial charge on any atom is 0.325 e. The Balaban J connectivity index is 3.71. The van der Waals surface area contributed by atoms with Gasteiger partial charge in [0.15, 0.2) is 11.5 Å². The van der Waals surface area contributed by atoms with Gasteiger partial charge in [0.1, 0.15) is 12.1 Å². The second kappa shape index (κ2) is 4.82. The van der Waals surface area contributed by atoms with Gasteiger partial charge in [-0.15, -0.1) is 0 Å².